The lowest BCUT2D eigenvalue weighted by Gasteiger charge is -2.10. The Morgan fingerprint density at radius 2 is 0.633 bits per heavy atom. The summed E-state index contributed by atoms with van der Waals surface area (Å²) in [5.74, 6) is 0. The first-order chi connectivity index (χ1) is 24.3. The van der Waals surface area contributed by atoms with Crippen molar-refractivity contribution in [2.45, 2.75) is 219 Å². The van der Waals surface area contributed by atoms with Crippen LogP contribution in [-0.2, 0) is 22.3 Å². The number of aromatic nitrogens is 2. The van der Waals surface area contributed by atoms with Crippen LogP contribution in [0, 0.1) is 0 Å². The molecule has 5 heteroatoms. The van der Waals surface area contributed by atoms with Gasteiger partial charge in [0.2, 0.25) is 0 Å². The molecule has 0 aromatic carbocycles. The molecular weight excluding hydrogens is 621 g/mol. The van der Waals surface area contributed by atoms with Crippen molar-refractivity contribution in [1.29, 1.82) is 0 Å². The highest BCUT2D eigenvalue weighted by Crippen LogP contribution is 2.19. The van der Waals surface area contributed by atoms with Crippen LogP contribution in [0.1, 0.15) is 218 Å². The minimum atomic E-state index is 0.732. The zero-order valence-corrected chi connectivity index (χ0v) is 33.5. The van der Waals surface area contributed by atoms with Gasteiger partial charge >= 0.3 is 0 Å². The molecule has 0 aliphatic carbocycles. The van der Waals surface area contributed by atoms with Crippen molar-refractivity contribution in [1.82, 2.24) is 9.97 Å². The molecule has 0 aliphatic heterocycles. The highest BCUT2D eigenvalue weighted by molar-refractivity contribution is 7.09. The Labute approximate surface area is 308 Å². The Bertz CT molecular complexity index is 890. The topological polar surface area (TPSA) is 44.2 Å². The van der Waals surface area contributed by atoms with Gasteiger partial charge in [-0.1, -0.05) is 194 Å². The molecule has 0 saturated carbocycles. The van der Waals surface area contributed by atoms with Crippen LogP contribution in [0.4, 0.5) is 0 Å². The summed E-state index contributed by atoms with van der Waals surface area (Å²) < 4.78 is 12.1. The number of hydrogen-bond acceptors (Lipinski definition) is 5. The molecule has 0 atom stereocenters. The van der Waals surface area contributed by atoms with Gasteiger partial charge in [-0.15, -0.1) is 11.3 Å². The van der Waals surface area contributed by atoms with Gasteiger partial charge in [0.05, 0.1) is 35.6 Å². The third kappa shape index (κ3) is 25.5. The zero-order valence-electron chi connectivity index (χ0n) is 32.7. The molecule has 0 fully saturated rings. The van der Waals surface area contributed by atoms with Crippen LogP contribution >= 0.6 is 11.3 Å². The summed E-state index contributed by atoms with van der Waals surface area (Å²) in [6.07, 6.45) is 43.6. The van der Waals surface area contributed by atoms with Crippen LogP contribution in [0.15, 0.2) is 10.8 Å². The van der Waals surface area contributed by atoms with Crippen LogP contribution in [0.25, 0.3) is 11.0 Å². The maximum Gasteiger partial charge on any atom is 0.0997 e. The molecule has 49 heavy (non-hydrogen) atoms. The number of thiophene rings is 1. The van der Waals surface area contributed by atoms with Crippen LogP contribution in [0.3, 0.4) is 0 Å². The van der Waals surface area contributed by atoms with E-state index in [2.05, 4.69) is 24.6 Å². The zero-order chi connectivity index (χ0) is 34.7. The Hall–Kier alpha value is -1.04. The smallest absolute Gasteiger partial charge is 0.0997 e. The second-order valence-electron chi connectivity index (χ2n) is 14.9. The van der Waals surface area contributed by atoms with Gasteiger partial charge in [-0.3, -0.25) is 0 Å². The Kier molecular flexibility index (Phi) is 30.7. The first-order valence-electron chi connectivity index (χ1n) is 21.7. The summed E-state index contributed by atoms with van der Waals surface area (Å²) in [5.41, 5.74) is 4.23. The van der Waals surface area contributed by atoms with E-state index < -0.39 is 0 Å². The summed E-state index contributed by atoms with van der Waals surface area (Å²) in [6.45, 7) is 7.79. The minimum absolute atomic E-state index is 0.732. The van der Waals surface area contributed by atoms with Gasteiger partial charge in [0.1, 0.15) is 0 Å². The van der Waals surface area contributed by atoms with Crippen molar-refractivity contribution in [3.63, 3.8) is 0 Å². The normalized spacial score (nSPS) is 11.7. The van der Waals surface area contributed by atoms with Crippen molar-refractivity contribution < 1.29 is 9.47 Å². The number of unbranched alkanes of at least 4 members (excludes halogenated alkanes) is 28. The second kappa shape index (κ2) is 34.1. The first-order valence-corrected chi connectivity index (χ1v) is 22.7. The average molecular weight is 701 g/mol. The summed E-state index contributed by atoms with van der Waals surface area (Å²) in [6, 6.07) is 0. The third-order valence-electron chi connectivity index (χ3n) is 10.2. The van der Waals surface area contributed by atoms with E-state index in [1.54, 1.807) is 11.3 Å². The minimum Gasteiger partial charge on any atom is -0.381 e. The predicted octanol–water partition coefficient (Wildman–Crippen LogP) is 14.6. The lowest BCUT2D eigenvalue weighted by Crippen LogP contribution is -2.10. The van der Waals surface area contributed by atoms with Gasteiger partial charge in [-0.25, -0.2) is 9.97 Å². The molecule has 284 valence electrons. The molecule has 0 aliphatic rings. The van der Waals surface area contributed by atoms with E-state index in [0.29, 0.717) is 0 Å². The Morgan fingerprint density at radius 1 is 0.367 bits per heavy atom. The van der Waals surface area contributed by atoms with Crippen molar-refractivity contribution >= 4 is 22.4 Å². The highest BCUT2D eigenvalue weighted by atomic mass is 32.1. The van der Waals surface area contributed by atoms with Crippen LogP contribution in [0.2, 0.25) is 0 Å². The van der Waals surface area contributed by atoms with E-state index in [1.807, 2.05) is 0 Å². The molecule has 0 saturated heterocycles. The molecule has 2 aromatic heterocycles. The molecule has 4 nitrogen and oxygen atoms in total. The van der Waals surface area contributed by atoms with Gasteiger partial charge < -0.3 is 9.47 Å². The third-order valence-corrected chi connectivity index (χ3v) is 10.9. The van der Waals surface area contributed by atoms with E-state index in [-0.39, 0.29) is 0 Å². The van der Waals surface area contributed by atoms with Gasteiger partial charge in [0.25, 0.3) is 0 Å². The Morgan fingerprint density at radius 3 is 0.918 bits per heavy atom. The monoisotopic (exact) mass is 701 g/mol. The molecule has 0 radical (unpaired) electrons. The van der Waals surface area contributed by atoms with E-state index in [0.717, 1.165) is 61.7 Å². The molecule has 0 amide bonds. The molecule has 2 rings (SSSR count). The fraction of sp³-hybridized carbons (Fsp3) is 0.864. The molecule has 2 heterocycles. The average Bonchev–Trinajstić information content (AvgIpc) is 3.58. The van der Waals surface area contributed by atoms with Crippen molar-refractivity contribution in [3.05, 3.63) is 22.1 Å². The maximum atomic E-state index is 6.04. The second-order valence-corrected chi connectivity index (χ2v) is 15.6. The van der Waals surface area contributed by atoms with Gasteiger partial charge in [0.15, 0.2) is 0 Å². The summed E-state index contributed by atoms with van der Waals surface area (Å²) >= 11 is 1.69. The summed E-state index contributed by atoms with van der Waals surface area (Å²) in [4.78, 5) is 9.92. The molecule has 0 bridgehead atoms. The van der Waals surface area contributed by atoms with Crippen molar-refractivity contribution in [2.75, 3.05) is 26.4 Å². The number of fused-ring (bicyclic) bond motifs is 1. The van der Waals surface area contributed by atoms with Crippen molar-refractivity contribution in [2.24, 2.45) is 0 Å². The van der Waals surface area contributed by atoms with Crippen LogP contribution in [0.5, 0.6) is 0 Å². The SMILES string of the molecule is CCCCCCCCCCCCCCCCCOCCc1nc2cscc2nc1CCOCCCCCCCCCCCCCCCCC. The predicted molar refractivity (Wildman–Crippen MR) is 216 cm³/mol. The summed E-state index contributed by atoms with van der Waals surface area (Å²) in [7, 11) is 0. The van der Waals surface area contributed by atoms with E-state index >= 15 is 0 Å². The maximum absolute atomic E-state index is 6.04. The summed E-state index contributed by atoms with van der Waals surface area (Å²) in [5, 5.41) is 4.22. The fourth-order valence-corrected chi connectivity index (χ4v) is 7.64. The van der Waals surface area contributed by atoms with Crippen molar-refractivity contribution in [3.8, 4) is 0 Å². The van der Waals surface area contributed by atoms with Crippen LogP contribution < -0.4 is 0 Å². The fourth-order valence-electron chi connectivity index (χ4n) is 6.96. The number of ether oxygens (including phenoxy) is 2. The van der Waals surface area contributed by atoms with E-state index in [9.17, 15) is 0 Å². The van der Waals surface area contributed by atoms with Gasteiger partial charge in [-0.05, 0) is 12.8 Å². The van der Waals surface area contributed by atoms with Crippen LogP contribution in [-0.4, -0.2) is 36.4 Å². The largest absolute Gasteiger partial charge is 0.381 e. The lowest BCUT2D eigenvalue weighted by molar-refractivity contribution is 0.128. The van der Waals surface area contributed by atoms with Gasteiger partial charge in [0, 0.05) is 36.8 Å². The number of rotatable bonds is 38. The lowest BCUT2D eigenvalue weighted by atomic mass is 10.0. The molecule has 0 spiro atoms. The van der Waals surface area contributed by atoms with Gasteiger partial charge in [-0.2, -0.15) is 0 Å². The highest BCUT2D eigenvalue weighted by Gasteiger charge is 2.10. The Balaban J connectivity index is 1.41. The molecular formula is C44H80N2O2S. The number of nitrogens with zero attached hydrogens (tertiary/aromatic N) is 2. The standard InChI is InChI=1S/C44H80N2O2S/c1-3-5-7-9-11-13-15-17-19-21-23-25-27-29-31-35-47-37-33-41-42(46-44-40-49-39-43(44)45-41)34-38-48-36-32-30-28-26-24-22-20-18-16-14-12-10-8-6-4-2/h39-40H,3-38H2,1-2H3. The quantitative estimate of drug-likeness (QED) is 0.0654. The number of hydrogen-bond donors (Lipinski definition) is 0. The van der Waals surface area contributed by atoms with E-state index in [4.69, 9.17) is 19.4 Å². The molecule has 0 N–H and O–H groups in total. The first kappa shape index (κ1) is 44.1. The van der Waals surface area contributed by atoms with E-state index in [1.165, 1.54) is 193 Å². The molecule has 2 aromatic rings. The molecule has 0 unspecified atom stereocenters.